The van der Waals surface area contributed by atoms with Gasteiger partial charge < -0.3 is 5.32 Å². The van der Waals surface area contributed by atoms with Crippen molar-refractivity contribution < 1.29 is 4.79 Å². The van der Waals surface area contributed by atoms with Crippen molar-refractivity contribution in [1.82, 2.24) is 4.98 Å². The molecule has 0 aliphatic carbocycles. The van der Waals surface area contributed by atoms with Crippen LogP contribution in [0.3, 0.4) is 0 Å². The van der Waals surface area contributed by atoms with Crippen LogP contribution in [-0.4, -0.2) is 10.9 Å². The maximum absolute atomic E-state index is 11.7. The van der Waals surface area contributed by atoms with Gasteiger partial charge in [0, 0.05) is 17.3 Å². The van der Waals surface area contributed by atoms with Crippen LogP contribution in [0.4, 0.5) is 5.69 Å². The SMILES string of the molecule is O=C(/C=C/c1ccccc1Cl)Nc1cccnc1Cl. The van der Waals surface area contributed by atoms with E-state index in [1.165, 1.54) is 6.08 Å². The Hall–Kier alpha value is -1.84. The fraction of sp³-hybridized carbons (Fsp3) is 0. The van der Waals surface area contributed by atoms with Crippen molar-refractivity contribution in [3.8, 4) is 0 Å². The van der Waals surface area contributed by atoms with Gasteiger partial charge in [-0.1, -0.05) is 41.4 Å². The van der Waals surface area contributed by atoms with E-state index in [2.05, 4.69) is 10.3 Å². The Morgan fingerprint density at radius 3 is 2.68 bits per heavy atom. The van der Waals surface area contributed by atoms with Crippen LogP contribution in [0.25, 0.3) is 6.08 Å². The van der Waals surface area contributed by atoms with Gasteiger partial charge in [0.2, 0.25) is 5.91 Å². The molecule has 19 heavy (non-hydrogen) atoms. The third-order valence-electron chi connectivity index (χ3n) is 2.34. The molecule has 96 valence electrons. The predicted octanol–water partition coefficient (Wildman–Crippen LogP) is 4.04. The highest BCUT2D eigenvalue weighted by Crippen LogP contribution is 2.18. The van der Waals surface area contributed by atoms with Crippen LogP contribution < -0.4 is 5.32 Å². The van der Waals surface area contributed by atoms with Crippen molar-refractivity contribution in [3.63, 3.8) is 0 Å². The first kappa shape index (κ1) is 13.6. The highest BCUT2D eigenvalue weighted by molar-refractivity contribution is 6.33. The number of nitrogens with zero attached hydrogens (tertiary/aromatic N) is 1. The third kappa shape index (κ3) is 3.81. The minimum absolute atomic E-state index is 0.252. The highest BCUT2D eigenvalue weighted by Gasteiger charge is 2.03. The minimum Gasteiger partial charge on any atom is -0.320 e. The molecule has 1 amide bonds. The van der Waals surface area contributed by atoms with Crippen molar-refractivity contribution in [1.29, 1.82) is 0 Å². The number of carbonyl (C=O) groups excluding carboxylic acids is 1. The molecular formula is C14H10Cl2N2O. The Bertz CT molecular complexity index is 626. The van der Waals surface area contributed by atoms with Crippen LogP contribution in [0.15, 0.2) is 48.7 Å². The summed E-state index contributed by atoms with van der Waals surface area (Å²) in [6.45, 7) is 0. The molecule has 1 aromatic heterocycles. The van der Waals surface area contributed by atoms with E-state index in [1.54, 1.807) is 30.5 Å². The molecule has 0 atom stereocenters. The summed E-state index contributed by atoms with van der Waals surface area (Å²) in [5.41, 5.74) is 1.24. The molecule has 0 spiro atoms. The van der Waals surface area contributed by atoms with Gasteiger partial charge in [0.25, 0.3) is 0 Å². The van der Waals surface area contributed by atoms with Crippen molar-refractivity contribution in [2.45, 2.75) is 0 Å². The lowest BCUT2D eigenvalue weighted by Gasteiger charge is -2.03. The molecule has 0 aliphatic rings. The van der Waals surface area contributed by atoms with Crippen molar-refractivity contribution in [2.75, 3.05) is 5.32 Å². The van der Waals surface area contributed by atoms with Gasteiger partial charge in [0.05, 0.1) is 5.69 Å². The molecular weight excluding hydrogens is 283 g/mol. The second-order valence-electron chi connectivity index (χ2n) is 3.69. The summed E-state index contributed by atoms with van der Waals surface area (Å²) < 4.78 is 0. The molecule has 2 aromatic rings. The second kappa shape index (κ2) is 6.36. The standard InChI is InChI=1S/C14H10Cl2N2O/c15-11-5-2-1-4-10(11)7-8-13(19)18-12-6-3-9-17-14(12)16/h1-9H,(H,18,19)/b8-7+. The van der Waals surface area contributed by atoms with Crippen LogP contribution in [0, 0.1) is 0 Å². The lowest BCUT2D eigenvalue weighted by molar-refractivity contribution is -0.111. The molecule has 3 nitrogen and oxygen atoms in total. The molecule has 0 fully saturated rings. The van der Waals surface area contributed by atoms with Gasteiger partial charge in [0.1, 0.15) is 0 Å². The van der Waals surface area contributed by atoms with Crippen LogP contribution in [0.1, 0.15) is 5.56 Å². The van der Waals surface area contributed by atoms with Crippen molar-refractivity contribution >= 4 is 40.9 Å². The number of carbonyl (C=O) groups is 1. The lowest BCUT2D eigenvalue weighted by Crippen LogP contribution is -2.08. The molecule has 0 bridgehead atoms. The van der Waals surface area contributed by atoms with Gasteiger partial charge in [-0.15, -0.1) is 0 Å². The summed E-state index contributed by atoms with van der Waals surface area (Å²) in [6, 6.07) is 10.6. The maximum Gasteiger partial charge on any atom is 0.248 e. The van der Waals surface area contributed by atoms with Crippen LogP contribution >= 0.6 is 23.2 Å². The van der Waals surface area contributed by atoms with Gasteiger partial charge in [0.15, 0.2) is 5.15 Å². The fourth-order valence-corrected chi connectivity index (χ4v) is 1.79. The third-order valence-corrected chi connectivity index (χ3v) is 2.98. The quantitative estimate of drug-likeness (QED) is 0.685. The topological polar surface area (TPSA) is 42.0 Å². The zero-order valence-electron chi connectivity index (χ0n) is 9.81. The number of nitrogens with one attached hydrogen (secondary N) is 1. The molecule has 0 saturated carbocycles. The van der Waals surface area contributed by atoms with Gasteiger partial charge in [-0.3, -0.25) is 4.79 Å². The number of aromatic nitrogens is 1. The highest BCUT2D eigenvalue weighted by atomic mass is 35.5. The van der Waals surface area contributed by atoms with E-state index in [-0.39, 0.29) is 11.1 Å². The minimum atomic E-state index is -0.296. The first-order chi connectivity index (χ1) is 9.16. The number of hydrogen-bond acceptors (Lipinski definition) is 2. The number of amides is 1. The molecule has 0 radical (unpaired) electrons. The van der Waals surface area contributed by atoms with E-state index < -0.39 is 0 Å². The van der Waals surface area contributed by atoms with E-state index in [0.717, 1.165) is 5.56 Å². The van der Waals surface area contributed by atoms with E-state index in [1.807, 2.05) is 18.2 Å². The zero-order valence-corrected chi connectivity index (χ0v) is 11.3. The van der Waals surface area contributed by atoms with E-state index in [0.29, 0.717) is 10.7 Å². The number of halogens is 2. The molecule has 1 N–H and O–H groups in total. The Morgan fingerprint density at radius 1 is 1.16 bits per heavy atom. The Balaban J connectivity index is 2.06. The molecule has 0 aliphatic heterocycles. The van der Waals surface area contributed by atoms with E-state index in [9.17, 15) is 4.79 Å². The van der Waals surface area contributed by atoms with Gasteiger partial charge in [-0.2, -0.15) is 0 Å². The zero-order chi connectivity index (χ0) is 13.7. The first-order valence-electron chi connectivity index (χ1n) is 5.51. The summed E-state index contributed by atoms with van der Waals surface area (Å²) in [6.07, 6.45) is 4.59. The summed E-state index contributed by atoms with van der Waals surface area (Å²) >= 11 is 11.8. The largest absolute Gasteiger partial charge is 0.320 e. The summed E-state index contributed by atoms with van der Waals surface area (Å²) in [5, 5.41) is 3.48. The van der Waals surface area contributed by atoms with Gasteiger partial charge in [-0.25, -0.2) is 4.98 Å². The van der Waals surface area contributed by atoms with Crippen LogP contribution in [-0.2, 0) is 4.79 Å². The smallest absolute Gasteiger partial charge is 0.248 e. The fourth-order valence-electron chi connectivity index (χ4n) is 1.43. The summed E-state index contributed by atoms with van der Waals surface area (Å²) in [7, 11) is 0. The van der Waals surface area contributed by atoms with Crippen molar-refractivity contribution in [3.05, 3.63) is 64.4 Å². The summed E-state index contributed by atoms with van der Waals surface area (Å²) in [4.78, 5) is 15.6. The number of benzene rings is 1. The van der Waals surface area contributed by atoms with Crippen LogP contribution in [0.2, 0.25) is 10.2 Å². The predicted molar refractivity (Wildman–Crippen MR) is 78.4 cm³/mol. The average molecular weight is 293 g/mol. The average Bonchev–Trinajstić information content (AvgIpc) is 2.40. The Kier molecular flexibility index (Phi) is 4.55. The maximum atomic E-state index is 11.7. The Labute approximate surface area is 120 Å². The molecule has 1 heterocycles. The van der Waals surface area contributed by atoms with Crippen molar-refractivity contribution in [2.24, 2.45) is 0 Å². The second-order valence-corrected chi connectivity index (χ2v) is 4.45. The van der Waals surface area contributed by atoms with E-state index in [4.69, 9.17) is 23.2 Å². The van der Waals surface area contributed by atoms with Gasteiger partial charge in [-0.05, 0) is 29.8 Å². The first-order valence-corrected chi connectivity index (χ1v) is 6.26. The van der Waals surface area contributed by atoms with Crippen LogP contribution in [0.5, 0.6) is 0 Å². The van der Waals surface area contributed by atoms with Gasteiger partial charge >= 0.3 is 0 Å². The number of anilines is 1. The molecule has 2 rings (SSSR count). The molecule has 1 aromatic carbocycles. The number of hydrogen-bond donors (Lipinski definition) is 1. The monoisotopic (exact) mass is 292 g/mol. The number of rotatable bonds is 3. The number of pyridine rings is 1. The Morgan fingerprint density at radius 2 is 1.95 bits per heavy atom. The van der Waals surface area contributed by atoms with E-state index >= 15 is 0 Å². The molecule has 0 unspecified atom stereocenters. The lowest BCUT2D eigenvalue weighted by atomic mass is 10.2. The molecule has 5 heteroatoms. The summed E-state index contributed by atoms with van der Waals surface area (Å²) in [5.74, 6) is -0.296. The molecule has 0 saturated heterocycles. The normalized spacial score (nSPS) is 10.6.